The van der Waals surface area contributed by atoms with Gasteiger partial charge >= 0.3 is 0 Å². The van der Waals surface area contributed by atoms with E-state index in [2.05, 4.69) is 36.2 Å². The minimum atomic E-state index is 0.713. The molecule has 1 heterocycles. The Balaban J connectivity index is 1.92. The van der Waals surface area contributed by atoms with Gasteiger partial charge in [-0.05, 0) is 32.6 Å². The van der Waals surface area contributed by atoms with Crippen LogP contribution in [0.15, 0.2) is 12.2 Å². The summed E-state index contributed by atoms with van der Waals surface area (Å²) in [5.41, 5.74) is 0. The Hall–Kier alpha value is -0.340. The summed E-state index contributed by atoms with van der Waals surface area (Å²) < 4.78 is 0. The largest absolute Gasteiger partial charge is 0.311 e. The smallest absolute Gasteiger partial charge is 0.0196 e. The average molecular weight is 222 g/mol. The van der Waals surface area contributed by atoms with Gasteiger partial charge in [0.25, 0.3) is 0 Å². The van der Waals surface area contributed by atoms with Crippen molar-refractivity contribution in [3.05, 3.63) is 12.2 Å². The first-order valence-corrected chi connectivity index (χ1v) is 6.95. The van der Waals surface area contributed by atoms with E-state index in [0.29, 0.717) is 6.04 Å². The molecule has 3 atom stereocenters. The van der Waals surface area contributed by atoms with Crippen molar-refractivity contribution in [3.63, 3.8) is 0 Å². The van der Waals surface area contributed by atoms with Crippen LogP contribution in [0.5, 0.6) is 0 Å². The Morgan fingerprint density at radius 2 is 2.25 bits per heavy atom. The van der Waals surface area contributed by atoms with Crippen LogP contribution in [0, 0.1) is 0 Å². The minimum absolute atomic E-state index is 0.713. The SMILES string of the molecule is CCCC1CN(C2CC=CCC2)C(C)CN1. The molecule has 0 saturated carbocycles. The summed E-state index contributed by atoms with van der Waals surface area (Å²) in [5.74, 6) is 0. The third-order valence-electron chi connectivity index (χ3n) is 4.05. The first-order valence-electron chi connectivity index (χ1n) is 6.95. The minimum Gasteiger partial charge on any atom is -0.311 e. The highest BCUT2D eigenvalue weighted by Gasteiger charge is 2.29. The van der Waals surface area contributed by atoms with Gasteiger partial charge in [0.15, 0.2) is 0 Å². The van der Waals surface area contributed by atoms with Crippen molar-refractivity contribution in [2.45, 2.75) is 64.1 Å². The van der Waals surface area contributed by atoms with Gasteiger partial charge in [-0.2, -0.15) is 0 Å². The fourth-order valence-corrected chi connectivity index (χ4v) is 3.08. The summed E-state index contributed by atoms with van der Waals surface area (Å²) in [4.78, 5) is 2.75. The number of allylic oxidation sites excluding steroid dienone is 1. The van der Waals surface area contributed by atoms with Crippen LogP contribution >= 0.6 is 0 Å². The van der Waals surface area contributed by atoms with E-state index in [-0.39, 0.29) is 0 Å². The van der Waals surface area contributed by atoms with Gasteiger partial charge in [-0.3, -0.25) is 4.90 Å². The van der Waals surface area contributed by atoms with Crippen molar-refractivity contribution in [2.24, 2.45) is 0 Å². The number of hydrogen-bond donors (Lipinski definition) is 1. The van der Waals surface area contributed by atoms with E-state index in [1.807, 2.05) is 0 Å². The second-order valence-corrected chi connectivity index (χ2v) is 5.38. The number of rotatable bonds is 3. The number of nitrogens with zero attached hydrogens (tertiary/aromatic N) is 1. The highest BCUT2D eigenvalue weighted by molar-refractivity contribution is 4.97. The first kappa shape index (κ1) is 12.1. The van der Waals surface area contributed by atoms with Crippen molar-refractivity contribution in [3.8, 4) is 0 Å². The molecule has 2 aliphatic rings. The molecule has 0 spiro atoms. The lowest BCUT2D eigenvalue weighted by Crippen LogP contribution is -2.58. The van der Waals surface area contributed by atoms with Crippen LogP contribution in [0.4, 0.5) is 0 Å². The van der Waals surface area contributed by atoms with E-state index in [1.165, 1.54) is 45.2 Å². The normalized spacial score (nSPS) is 36.5. The standard InChI is InChI=1S/C14H26N2/c1-3-7-13-11-16(12(2)10-15-13)14-8-5-4-6-9-14/h4-5,12-15H,3,6-11H2,1-2H3. The van der Waals surface area contributed by atoms with Gasteiger partial charge in [-0.1, -0.05) is 25.5 Å². The maximum absolute atomic E-state index is 3.68. The molecule has 0 aromatic rings. The molecular formula is C14H26N2. The Kier molecular flexibility index (Phi) is 4.42. The molecule has 1 aliphatic carbocycles. The van der Waals surface area contributed by atoms with Gasteiger partial charge < -0.3 is 5.32 Å². The zero-order valence-electron chi connectivity index (χ0n) is 10.8. The van der Waals surface area contributed by atoms with E-state index in [4.69, 9.17) is 0 Å². The molecule has 92 valence electrons. The van der Waals surface area contributed by atoms with E-state index in [1.54, 1.807) is 0 Å². The van der Waals surface area contributed by atoms with Gasteiger partial charge in [0.05, 0.1) is 0 Å². The summed E-state index contributed by atoms with van der Waals surface area (Å²) in [6.45, 7) is 7.08. The van der Waals surface area contributed by atoms with Crippen molar-refractivity contribution in [2.75, 3.05) is 13.1 Å². The second kappa shape index (κ2) is 5.83. The van der Waals surface area contributed by atoms with Crippen LogP contribution in [-0.2, 0) is 0 Å². The Bertz CT molecular complexity index is 237. The lowest BCUT2D eigenvalue weighted by Gasteiger charge is -2.44. The Morgan fingerprint density at radius 3 is 2.94 bits per heavy atom. The summed E-state index contributed by atoms with van der Waals surface area (Å²) in [7, 11) is 0. The fraction of sp³-hybridized carbons (Fsp3) is 0.857. The third-order valence-corrected chi connectivity index (χ3v) is 4.05. The van der Waals surface area contributed by atoms with Crippen LogP contribution in [0.3, 0.4) is 0 Å². The Morgan fingerprint density at radius 1 is 1.38 bits per heavy atom. The molecule has 0 amide bonds. The zero-order chi connectivity index (χ0) is 11.4. The molecule has 2 rings (SSSR count). The summed E-state index contributed by atoms with van der Waals surface area (Å²) in [6.07, 6.45) is 11.2. The lowest BCUT2D eigenvalue weighted by atomic mass is 9.96. The quantitative estimate of drug-likeness (QED) is 0.738. The zero-order valence-corrected chi connectivity index (χ0v) is 10.8. The van der Waals surface area contributed by atoms with Crippen LogP contribution in [0.25, 0.3) is 0 Å². The number of hydrogen-bond acceptors (Lipinski definition) is 2. The third kappa shape index (κ3) is 2.86. The number of nitrogens with one attached hydrogen (secondary N) is 1. The lowest BCUT2D eigenvalue weighted by molar-refractivity contribution is 0.0828. The highest BCUT2D eigenvalue weighted by Crippen LogP contribution is 2.22. The van der Waals surface area contributed by atoms with Crippen LogP contribution in [0.1, 0.15) is 46.0 Å². The van der Waals surface area contributed by atoms with Crippen LogP contribution in [-0.4, -0.2) is 36.1 Å². The molecule has 2 heteroatoms. The van der Waals surface area contributed by atoms with Gasteiger partial charge in [0.2, 0.25) is 0 Å². The van der Waals surface area contributed by atoms with Gasteiger partial charge in [-0.25, -0.2) is 0 Å². The molecular weight excluding hydrogens is 196 g/mol. The topological polar surface area (TPSA) is 15.3 Å². The van der Waals surface area contributed by atoms with Crippen molar-refractivity contribution in [1.29, 1.82) is 0 Å². The van der Waals surface area contributed by atoms with E-state index in [0.717, 1.165) is 12.1 Å². The molecule has 1 aliphatic heterocycles. The van der Waals surface area contributed by atoms with E-state index in [9.17, 15) is 0 Å². The molecule has 1 saturated heterocycles. The number of piperazine rings is 1. The van der Waals surface area contributed by atoms with Gasteiger partial charge in [-0.15, -0.1) is 0 Å². The summed E-state index contributed by atoms with van der Waals surface area (Å²) in [5, 5.41) is 3.68. The van der Waals surface area contributed by atoms with Gasteiger partial charge in [0, 0.05) is 31.2 Å². The maximum atomic E-state index is 3.68. The van der Waals surface area contributed by atoms with Crippen LogP contribution < -0.4 is 5.32 Å². The second-order valence-electron chi connectivity index (χ2n) is 5.38. The molecule has 0 radical (unpaired) electrons. The fourth-order valence-electron chi connectivity index (χ4n) is 3.08. The summed E-state index contributed by atoms with van der Waals surface area (Å²) >= 11 is 0. The Labute approximate surface area is 100 Å². The van der Waals surface area contributed by atoms with E-state index < -0.39 is 0 Å². The maximum Gasteiger partial charge on any atom is 0.0196 e. The molecule has 3 unspecified atom stereocenters. The molecule has 1 fully saturated rings. The van der Waals surface area contributed by atoms with Crippen LogP contribution in [0.2, 0.25) is 0 Å². The molecule has 1 N–H and O–H groups in total. The molecule has 0 bridgehead atoms. The predicted octanol–water partition coefficient (Wildman–Crippen LogP) is 2.56. The highest BCUT2D eigenvalue weighted by atomic mass is 15.2. The van der Waals surface area contributed by atoms with Crippen molar-refractivity contribution >= 4 is 0 Å². The predicted molar refractivity (Wildman–Crippen MR) is 69.6 cm³/mol. The molecule has 0 aromatic heterocycles. The van der Waals surface area contributed by atoms with Crippen molar-refractivity contribution in [1.82, 2.24) is 10.2 Å². The molecule has 16 heavy (non-hydrogen) atoms. The van der Waals surface area contributed by atoms with Gasteiger partial charge in [0.1, 0.15) is 0 Å². The monoisotopic (exact) mass is 222 g/mol. The molecule has 2 nitrogen and oxygen atoms in total. The first-order chi connectivity index (χ1) is 7.81. The van der Waals surface area contributed by atoms with Crippen molar-refractivity contribution < 1.29 is 0 Å². The average Bonchev–Trinajstić information content (AvgIpc) is 2.33. The molecule has 0 aromatic carbocycles. The summed E-state index contributed by atoms with van der Waals surface area (Å²) in [6, 6.07) is 2.25. The van der Waals surface area contributed by atoms with E-state index >= 15 is 0 Å².